The lowest BCUT2D eigenvalue weighted by molar-refractivity contribution is 0.0988. The van der Waals surface area contributed by atoms with E-state index in [1.807, 2.05) is 24.3 Å². The summed E-state index contributed by atoms with van der Waals surface area (Å²) in [5, 5.41) is 7.34. The molecule has 4 rings (SSSR count). The number of benzene rings is 1. The number of hydrogen-bond donors (Lipinski definition) is 1. The number of rotatable bonds is 3. The van der Waals surface area contributed by atoms with Gasteiger partial charge in [0.2, 0.25) is 5.76 Å². The van der Waals surface area contributed by atoms with Crippen molar-refractivity contribution in [2.75, 3.05) is 11.1 Å². The molecule has 22 heavy (non-hydrogen) atoms. The quantitative estimate of drug-likeness (QED) is 0.805. The van der Waals surface area contributed by atoms with E-state index in [0.717, 1.165) is 28.7 Å². The van der Waals surface area contributed by atoms with E-state index < -0.39 is 0 Å². The molecule has 0 bridgehead atoms. The van der Waals surface area contributed by atoms with Crippen LogP contribution < -0.4 is 5.32 Å². The van der Waals surface area contributed by atoms with E-state index in [0.29, 0.717) is 5.69 Å². The number of anilines is 1. The van der Waals surface area contributed by atoms with Crippen molar-refractivity contribution < 1.29 is 9.32 Å². The van der Waals surface area contributed by atoms with E-state index in [4.69, 9.17) is 4.52 Å². The summed E-state index contributed by atoms with van der Waals surface area (Å²) in [6, 6.07) is 9.11. The van der Waals surface area contributed by atoms with Crippen LogP contribution >= 0.6 is 11.8 Å². The monoisotopic (exact) mass is 312 g/mol. The van der Waals surface area contributed by atoms with E-state index >= 15 is 0 Å². The first-order chi connectivity index (χ1) is 10.8. The first kappa shape index (κ1) is 13.1. The van der Waals surface area contributed by atoms with Crippen molar-refractivity contribution in [1.29, 1.82) is 0 Å². The molecule has 6 nitrogen and oxygen atoms in total. The standard InChI is InChI=1S/C15H12N4O2S/c20-14(13-5-6-16-21-13)17-11-3-1-10(2-4-11)12-9-19-7-8-22-15(19)18-12/h1-6,9H,7-8H2,(H,17,20). The van der Waals surface area contributed by atoms with E-state index in [2.05, 4.69) is 26.2 Å². The predicted molar refractivity (Wildman–Crippen MR) is 82.8 cm³/mol. The van der Waals surface area contributed by atoms with E-state index in [9.17, 15) is 4.79 Å². The zero-order valence-corrected chi connectivity index (χ0v) is 12.3. The highest BCUT2D eigenvalue weighted by Crippen LogP contribution is 2.29. The molecule has 1 amide bonds. The van der Waals surface area contributed by atoms with Crippen LogP contribution in [0.25, 0.3) is 11.3 Å². The number of carbonyl (C=O) groups excluding carboxylic acids is 1. The Morgan fingerprint density at radius 1 is 1.27 bits per heavy atom. The topological polar surface area (TPSA) is 73.0 Å². The third kappa shape index (κ3) is 2.39. The number of nitrogens with one attached hydrogen (secondary N) is 1. The van der Waals surface area contributed by atoms with Gasteiger partial charge in [0, 0.05) is 35.8 Å². The van der Waals surface area contributed by atoms with Gasteiger partial charge in [-0.3, -0.25) is 4.79 Å². The second kappa shape index (κ2) is 5.34. The highest BCUT2D eigenvalue weighted by Gasteiger charge is 2.15. The summed E-state index contributed by atoms with van der Waals surface area (Å²) in [6.45, 7) is 1.01. The predicted octanol–water partition coefficient (Wildman–Crippen LogP) is 2.90. The first-order valence-electron chi connectivity index (χ1n) is 6.82. The molecule has 0 spiro atoms. The molecule has 1 aliphatic rings. The Bertz CT molecular complexity index is 787. The molecular formula is C15H12N4O2S. The summed E-state index contributed by atoms with van der Waals surface area (Å²) in [6.07, 6.45) is 3.51. The molecule has 0 unspecified atom stereocenters. The van der Waals surface area contributed by atoms with Gasteiger partial charge in [-0.2, -0.15) is 0 Å². The van der Waals surface area contributed by atoms with Crippen LogP contribution in [0.4, 0.5) is 5.69 Å². The minimum Gasteiger partial charge on any atom is -0.351 e. The summed E-state index contributed by atoms with van der Waals surface area (Å²) in [5.41, 5.74) is 2.68. The van der Waals surface area contributed by atoms with Gasteiger partial charge in [-0.15, -0.1) is 0 Å². The Labute approximate surface area is 130 Å². The smallest absolute Gasteiger partial charge is 0.294 e. The normalized spacial score (nSPS) is 13.1. The van der Waals surface area contributed by atoms with Crippen molar-refractivity contribution in [3.05, 3.63) is 48.5 Å². The van der Waals surface area contributed by atoms with Gasteiger partial charge in [0.1, 0.15) is 0 Å². The van der Waals surface area contributed by atoms with Gasteiger partial charge in [-0.05, 0) is 12.1 Å². The zero-order valence-electron chi connectivity index (χ0n) is 11.5. The fraction of sp³-hybridized carbons (Fsp3) is 0.133. The highest BCUT2D eigenvalue weighted by molar-refractivity contribution is 7.99. The Hall–Kier alpha value is -2.54. The van der Waals surface area contributed by atoms with E-state index in [-0.39, 0.29) is 11.7 Å². The van der Waals surface area contributed by atoms with Crippen LogP contribution in [-0.2, 0) is 6.54 Å². The van der Waals surface area contributed by atoms with Crippen molar-refractivity contribution in [2.24, 2.45) is 0 Å². The van der Waals surface area contributed by atoms with Gasteiger partial charge in [0.25, 0.3) is 5.91 Å². The number of thioether (sulfide) groups is 1. The van der Waals surface area contributed by atoms with Crippen LogP contribution in [0.1, 0.15) is 10.6 Å². The lowest BCUT2D eigenvalue weighted by atomic mass is 10.1. The van der Waals surface area contributed by atoms with Gasteiger partial charge >= 0.3 is 0 Å². The molecule has 0 atom stereocenters. The molecule has 3 aromatic rings. The molecule has 7 heteroatoms. The average Bonchev–Trinajstić information content (AvgIpc) is 3.24. The minimum atomic E-state index is -0.317. The third-order valence-electron chi connectivity index (χ3n) is 3.40. The molecule has 1 aromatic carbocycles. The number of hydrogen-bond acceptors (Lipinski definition) is 5. The SMILES string of the molecule is O=C(Nc1ccc(-c2cn3c(n2)SCC3)cc1)c1ccno1. The maximum absolute atomic E-state index is 11.9. The number of fused-ring (bicyclic) bond motifs is 1. The third-order valence-corrected chi connectivity index (χ3v) is 4.37. The maximum atomic E-state index is 11.9. The van der Waals surface area contributed by atoms with Gasteiger partial charge < -0.3 is 14.4 Å². The van der Waals surface area contributed by atoms with Crippen LogP contribution in [0.5, 0.6) is 0 Å². The Morgan fingerprint density at radius 2 is 2.14 bits per heavy atom. The maximum Gasteiger partial charge on any atom is 0.294 e. The number of carbonyl (C=O) groups is 1. The number of amides is 1. The molecule has 0 radical (unpaired) electrons. The fourth-order valence-corrected chi connectivity index (χ4v) is 3.24. The van der Waals surface area contributed by atoms with Crippen LogP contribution in [0.2, 0.25) is 0 Å². The van der Waals surface area contributed by atoms with Gasteiger partial charge in [0.15, 0.2) is 5.16 Å². The molecule has 2 aromatic heterocycles. The molecule has 0 saturated carbocycles. The molecule has 3 heterocycles. The molecule has 0 aliphatic carbocycles. The number of aromatic nitrogens is 3. The largest absolute Gasteiger partial charge is 0.351 e. The number of nitrogens with zero attached hydrogens (tertiary/aromatic N) is 3. The van der Waals surface area contributed by atoms with E-state index in [1.165, 1.54) is 12.3 Å². The number of aryl methyl sites for hydroxylation is 1. The first-order valence-corrected chi connectivity index (χ1v) is 7.80. The van der Waals surface area contributed by atoms with Crippen LogP contribution in [0.15, 0.2) is 52.4 Å². The van der Waals surface area contributed by atoms with Crippen molar-refractivity contribution >= 4 is 23.4 Å². The summed E-state index contributed by atoms with van der Waals surface area (Å²) in [7, 11) is 0. The van der Waals surface area contributed by atoms with Crippen molar-refractivity contribution in [3.8, 4) is 11.3 Å². The van der Waals surface area contributed by atoms with Gasteiger partial charge in [-0.1, -0.05) is 29.1 Å². The molecule has 0 saturated heterocycles. The summed E-state index contributed by atoms with van der Waals surface area (Å²) >= 11 is 1.77. The Balaban J connectivity index is 1.51. The van der Waals surface area contributed by atoms with E-state index in [1.54, 1.807) is 11.8 Å². The summed E-state index contributed by atoms with van der Waals surface area (Å²) in [5.74, 6) is 0.962. The zero-order chi connectivity index (χ0) is 14.9. The van der Waals surface area contributed by atoms with Gasteiger partial charge in [-0.25, -0.2) is 4.98 Å². The highest BCUT2D eigenvalue weighted by atomic mass is 32.2. The molecule has 110 valence electrons. The molecule has 1 aliphatic heterocycles. The fourth-order valence-electron chi connectivity index (χ4n) is 2.30. The number of imidazole rings is 1. The second-order valence-electron chi connectivity index (χ2n) is 4.86. The van der Waals surface area contributed by atoms with Crippen molar-refractivity contribution in [2.45, 2.75) is 11.7 Å². The van der Waals surface area contributed by atoms with Crippen LogP contribution in [-0.4, -0.2) is 26.4 Å². The molecule has 0 fully saturated rings. The van der Waals surface area contributed by atoms with Crippen LogP contribution in [0.3, 0.4) is 0 Å². The Morgan fingerprint density at radius 3 is 2.86 bits per heavy atom. The Kier molecular flexibility index (Phi) is 3.19. The van der Waals surface area contributed by atoms with Crippen molar-refractivity contribution in [3.63, 3.8) is 0 Å². The molecule has 1 N–H and O–H groups in total. The minimum absolute atomic E-state index is 0.187. The average molecular weight is 312 g/mol. The lowest BCUT2D eigenvalue weighted by Crippen LogP contribution is -2.10. The summed E-state index contributed by atoms with van der Waals surface area (Å²) < 4.78 is 6.98. The van der Waals surface area contributed by atoms with Crippen LogP contribution in [0, 0.1) is 0 Å². The van der Waals surface area contributed by atoms with Gasteiger partial charge in [0.05, 0.1) is 11.9 Å². The molecular weight excluding hydrogens is 300 g/mol. The summed E-state index contributed by atoms with van der Waals surface area (Å²) in [4.78, 5) is 16.5. The second-order valence-corrected chi connectivity index (χ2v) is 5.92. The lowest BCUT2D eigenvalue weighted by Gasteiger charge is -2.03. The van der Waals surface area contributed by atoms with Crippen molar-refractivity contribution in [1.82, 2.24) is 14.7 Å².